The van der Waals surface area contributed by atoms with E-state index in [4.69, 9.17) is 52.1 Å². The number of cyclic esters (lactones) is 1. The number of esters is 5. The van der Waals surface area contributed by atoms with Crippen LogP contribution in [0.5, 0.6) is 0 Å². The zero-order valence-electron chi connectivity index (χ0n) is 48.1. The molecule has 3 fully saturated rings. The van der Waals surface area contributed by atoms with E-state index in [9.17, 15) is 29.1 Å². The predicted octanol–water partition coefficient (Wildman–Crippen LogP) is 5.66. The molecular weight excluding hydrogens is 987 g/mol. The van der Waals surface area contributed by atoms with E-state index in [1.807, 2.05) is 65.0 Å². The average molecular weight is 1080 g/mol. The van der Waals surface area contributed by atoms with Crippen molar-refractivity contribution in [2.75, 3.05) is 62.1 Å². The van der Waals surface area contributed by atoms with Crippen molar-refractivity contribution in [2.24, 2.45) is 17.8 Å². The summed E-state index contributed by atoms with van der Waals surface area (Å²) in [7, 11) is 10.1. The van der Waals surface area contributed by atoms with Gasteiger partial charge in [-0.1, -0.05) is 51.1 Å². The Morgan fingerprint density at radius 2 is 1.53 bits per heavy atom. The van der Waals surface area contributed by atoms with Gasteiger partial charge in [-0.05, 0) is 91.3 Å². The Kier molecular flexibility index (Phi) is 26.5. The van der Waals surface area contributed by atoms with Crippen molar-refractivity contribution in [2.45, 2.75) is 212 Å². The quantitative estimate of drug-likeness (QED) is 0.0721. The van der Waals surface area contributed by atoms with Crippen LogP contribution >= 0.6 is 0 Å². The van der Waals surface area contributed by atoms with Crippen LogP contribution in [0, 0.1) is 17.8 Å². The van der Waals surface area contributed by atoms with Crippen molar-refractivity contribution in [3.05, 3.63) is 35.9 Å². The Bertz CT molecular complexity index is 1940. The molecule has 1 aromatic rings. The fraction of sp³-hybridized carbons (Fsp3) is 0.804. The number of hydrogen-bond donors (Lipinski definition) is 1. The van der Waals surface area contributed by atoms with E-state index in [0.29, 0.717) is 32.5 Å². The first kappa shape index (κ1) is 64.7. The minimum Gasteiger partial charge on any atom is -0.463 e. The van der Waals surface area contributed by atoms with Gasteiger partial charge in [-0.2, -0.15) is 0 Å². The van der Waals surface area contributed by atoms with Gasteiger partial charge in [0, 0.05) is 86.9 Å². The third-order valence-electron chi connectivity index (χ3n) is 15.2. The second-order valence-electron chi connectivity index (χ2n) is 21.4. The van der Waals surface area contributed by atoms with Crippen LogP contribution in [0.4, 0.5) is 0 Å². The maximum absolute atomic E-state index is 14.2. The Morgan fingerprint density at radius 1 is 0.868 bits per heavy atom. The van der Waals surface area contributed by atoms with E-state index in [1.165, 1.54) is 40.7 Å². The second kappa shape index (κ2) is 31.1. The van der Waals surface area contributed by atoms with Gasteiger partial charge in [0.2, 0.25) is 0 Å². The molecule has 3 heterocycles. The smallest absolute Gasteiger partial charge is 0.309 e. The van der Waals surface area contributed by atoms with Gasteiger partial charge in [0.25, 0.3) is 0 Å². The molecule has 0 saturated carbocycles. The molecule has 4 rings (SSSR count). The molecule has 0 amide bonds. The predicted molar refractivity (Wildman–Crippen MR) is 280 cm³/mol. The molecule has 3 saturated heterocycles. The Balaban J connectivity index is 1.86. The number of aliphatic hydroxyl groups is 1. The van der Waals surface area contributed by atoms with Gasteiger partial charge in [0.1, 0.15) is 30.5 Å². The van der Waals surface area contributed by atoms with Crippen LogP contribution in [-0.2, 0) is 82.5 Å². The van der Waals surface area contributed by atoms with Crippen molar-refractivity contribution in [1.82, 2.24) is 14.9 Å². The molecule has 3 aliphatic rings. The first-order valence-electron chi connectivity index (χ1n) is 27.3. The van der Waals surface area contributed by atoms with E-state index in [0.717, 1.165) is 19.3 Å². The highest BCUT2D eigenvalue weighted by molar-refractivity contribution is 5.73. The highest BCUT2D eigenvalue weighted by Crippen LogP contribution is 2.44. The van der Waals surface area contributed by atoms with Crippen molar-refractivity contribution >= 4 is 29.8 Å². The second-order valence-corrected chi connectivity index (χ2v) is 21.4. The van der Waals surface area contributed by atoms with Crippen LogP contribution in [0.1, 0.15) is 126 Å². The molecule has 16 atom stereocenters. The number of nitrogens with zero attached hydrogens (tertiary/aromatic N) is 3. The van der Waals surface area contributed by atoms with Crippen molar-refractivity contribution in [3.8, 4) is 0 Å². The Labute approximate surface area is 452 Å². The minimum absolute atomic E-state index is 0.000454. The number of benzene rings is 1. The molecule has 3 aliphatic heterocycles. The lowest BCUT2D eigenvalue weighted by Crippen LogP contribution is -2.67. The van der Waals surface area contributed by atoms with Crippen LogP contribution in [0.3, 0.4) is 0 Å². The molecule has 76 heavy (non-hydrogen) atoms. The number of carbonyl (C=O) groups is 5. The summed E-state index contributed by atoms with van der Waals surface area (Å²) >= 11 is 0. The molecule has 0 radical (unpaired) electrons. The molecule has 0 aromatic heterocycles. The van der Waals surface area contributed by atoms with Crippen LogP contribution in [-0.4, -0.2) is 197 Å². The van der Waals surface area contributed by atoms with Crippen LogP contribution in [0.25, 0.3) is 0 Å². The molecular formula is C56H93N3O17. The lowest BCUT2D eigenvalue weighted by atomic mass is 9.70. The van der Waals surface area contributed by atoms with Crippen molar-refractivity contribution < 1.29 is 81.2 Å². The first-order chi connectivity index (χ1) is 36.0. The van der Waals surface area contributed by atoms with E-state index >= 15 is 0 Å². The summed E-state index contributed by atoms with van der Waals surface area (Å²) in [5, 5.41) is 17.4. The number of likely N-dealkylation sites (N-methyl/N-ethyl adjacent to an activating group) is 1. The highest BCUT2D eigenvalue weighted by atomic mass is 16.7. The molecule has 0 aliphatic carbocycles. The SMILES string of the molecule is CCC(=O)O[C@@H]1CC(=O)O[C@H](C)CCN(C)N(CCCCc2ccccc2)C[C@H](OC(C)=O)[C@H](C)C[C@H](CC(OC)OC)[C@H]([C@@H]2O[C@H](C)[C@@H](O[C@H]3C[C@@](C)(OC(C)=O)[C@@H](OC(=O)CC)[C@H](C)O3)[C@H](N(C)C)[C@H]2O)[C@@H]1OC. The fourth-order valence-electron chi connectivity index (χ4n) is 11.4. The molecule has 0 bridgehead atoms. The molecule has 20 heteroatoms. The topological polar surface area (TPSA) is 217 Å². The average Bonchev–Trinajstić information content (AvgIpc) is 3.35. The number of aliphatic hydroxyl groups excluding tert-OH is 1. The van der Waals surface area contributed by atoms with E-state index in [2.05, 4.69) is 22.2 Å². The summed E-state index contributed by atoms with van der Waals surface area (Å²) in [6, 6.07) is 9.52. The number of ether oxygens (including phenoxy) is 11. The number of unbranched alkanes of at least 4 members (excludes halogenated alkanes) is 1. The summed E-state index contributed by atoms with van der Waals surface area (Å²) in [5.41, 5.74) is -0.0876. The van der Waals surface area contributed by atoms with Gasteiger partial charge in [0.05, 0.1) is 43.4 Å². The van der Waals surface area contributed by atoms with Crippen LogP contribution in [0.15, 0.2) is 30.3 Å². The number of hydrogen-bond acceptors (Lipinski definition) is 20. The number of hydrazine groups is 1. The van der Waals surface area contributed by atoms with Gasteiger partial charge in [-0.15, -0.1) is 0 Å². The lowest BCUT2D eigenvalue weighted by molar-refractivity contribution is -0.320. The number of methoxy groups -OCH3 is 3. The maximum Gasteiger partial charge on any atom is 0.309 e. The van der Waals surface area contributed by atoms with E-state index in [1.54, 1.807) is 27.7 Å². The van der Waals surface area contributed by atoms with Gasteiger partial charge >= 0.3 is 29.8 Å². The van der Waals surface area contributed by atoms with Crippen molar-refractivity contribution in [1.29, 1.82) is 0 Å². The molecule has 1 N–H and O–H groups in total. The van der Waals surface area contributed by atoms with Gasteiger partial charge in [-0.25, -0.2) is 10.0 Å². The number of rotatable bonds is 20. The number of aryl methyl sites for hydroxylation is 1. The van der Waals surface area contributed by atoms with Crippen LogP contribution in [0.2, 0.25) is 0 Å². The van der Waals surface area contributed by atoms with E-state index in [-0.39, 0.29) is 38.0 Å². The molecule has 434 valence electrons. The molecule has 20 nitrogen and oxygen atoms in total. The lowest BCUT2D eigenvalue weighted by Gasteiger charge is -2.53. The zero-order valence-corrected chi connectivity index (χ0v) is 48.1. The molecule has 1 aromatic carbocycles. The third kappa shape index (κ3) is 18.6. The third-order valence-corrected chi connectivity index (χ3v) is 15.2. The Hall–Kier alpha value is -3.83. The fourth-order valence-corrected chi connectivity index (χ4v) is 11.4. The first-order valence-corrected chi connectivity index (χ1v) is 27.3. The molecule has 0 unspecified atom stereocenters. The highest BCUT2D eigenvalue weighted by Gasteiger charge is 2.56. The van der Waals surface area contributed by atoms with E-state index < -0.39 is 127 Å². The summed E-state index contributed by atoms with van der Waals surface area (Å²) in [6.45, 7) is 16.6. The summed E-state index contributed by atoms with van der Waals surface area (Å²) in [6.07, 6.45) is -7.76. The minimum atomic E-state index is -1.36. The monoisotopic (exact) mass is 1080 g/mol. The maximum atomic E-state index is 14.2. The summed E-state index contributed by atoms with van der Waals surface area (Å²) < 4.78 is 68.6. The zero-order chi connectivity index (χ0) is 56.4. The summed E-state index contributed by atoms with van der Waals surface area (Å²) in [4.78, 5) is 67.7. The normalized spacial score (nSPS) is 33.8. The summed E-state index contributed by atoms with van der Waals surface area (Å²) in [5.74, 6) is -4.51. The van der Waals surface area contributed by atoms with Gasteiger partial charge < -0.3 is 62.1 Å². The standard InChI is InChI=1S/C56H93N3O17/c1-16-44(62)73-42-31-46(64)69-35(4)26-28-58(12)59(27-22-21-25-40-23-19-18-20-24-40)33-43(72-38(7)60)34(3)29-41(30-47(66-13)67-14)49(53(42)68-15)54-51(65)50(57(10)11)52(36(5)71-54)75-48-32-56(9,76-39(8)61)55(37(6)70-48)74-45(63)17-2/h18-20,23-24,34-37,41-43,47-55,65H,16-17,21-22,25-33H2,1-15H3/t34-,35-,36-,37+,41-,42-,43+,48+,49+,50-,51-,52-,53-,54+,55+,56-/m1/s1. The number of carbonyl (C=O) groups excluding carboxylic acids is 5. The Morgan fingerprint density at radius 3 is 2.12 bits per heavy atom. The van der Waals surface area contributed by atoms with Gasteiger partial charge in [-0.3, -0.25) is 24.0 Å². The van der Waals surface area contributed by atoms with Gasteiger partial charge in [0.15, 0.2) is 24.3 Å². The largest absolute Gasteiger partial charge is 0.463 e. The van der Waals surface area contributed by atoms with Crippen molar-refractivity contribution in [3.63, 3.8) is 0 Å². The van der Waals surface area contributed by atoms with Crippen LogP contribution < -0.4 is 0 Å². The molecule has 0 spiro atoms.